The molecule has 70 valence electrons. The summed E-state index contributed by atoms with van der Waals surface area (Å²) in [5.41, 5.74) is 3.54. The van der Waals surface area contributed by atoms with Gasteiger partial charge >= 0.3 is 5.97 Å². The molecule has 1 aromatic carbocycles. The van der Waals surface area contributed by atoms with Crippen LogP contribution in [-0.4, -0.2) is 11.1 Å². The van der Waals surface area contributed by atoms with Gasteiger partial charge < -0.3 is 10.5 Å². The van der Waals surface area contributed by atoms with Crippen LogP contribution in [0.15, 0.2) is 18.2 Å². The summed E-state index contributed by atoms with van der Waals surface area (Å²) in [6.07, 6.45) is -0.0727. The van der Waals surface area contributed by atoms with Crippen molar-refractivity contribution in [3.8, 4) is 0 Å². The quantitative estimate of drug-likeness (QED) is 0.507. The Balaban J connectivity index is 2.99. The minimum atomic E-state index is -0.904. The number of carbonyl (C=O) groups is 1. The Bertz CT molecular complexity index is 328. The molecule has 4 N–H and O–H groups in total. The van der Waals surface area contributed by atoms with Crippen LogP contribution in [0.3, 0.4) is 0 Å². The van der Waals surface area contributed by atoms with Crippen LogP contribution in [0.5, 0.6) is 0 Å². The Morgan fingerprint density at radius 3 is 2.85 bits per heavy atom. The minimum absolute atomic E-state index is 0.0727. The molecule has 0 radical (unpaired) electrons. The van der Waals surface area contributed by atoms with Gasteiger partial charge in [-0.2, -0.15) is 0 Å². The lowest BCUT2D eigenvalue weighted by Crippen LogP contribution is -2.11. The third-order valence-corrected chi connectivity index (χ3v) is 1.80. The molecule has 4 nitrogen and oxygen atoms in total. The summed E-state index contributed by atoms with van der Waals surface area (Å²) < 4.78 is 0. The summed E-state index contributed by atoms with van der Waals surface area (Å²) in [6, 6.07) is 4.84. The first-order valence-electron chi connectivity index (χ1n) is 3.60. The zero-order valence-corrected chi connectivity index (χ0v) is 7.51. The van der Waals surface area contributed by atoms with Crippen LogP contribution < -0.4 is 11.3 Å². The maximum atomic E-state index is 10.4. The number of aliphatic carboxylic acids is 1. The summed E-state index contributed by atoms with van der Waals surface area (Å²) in [4.78, 5) is 10.4. The van der Waals surface area contributed by atoms with Gasteiger partial charge in [0, 0.05) is 5.02 Å². The summed E-state index contributed by atoms with van der Waals surface area (Å²) in [6.45, 7) is 0. The molecule has 0 bridgehead atoms. The molecule has 0 aliphatic rings. The van der Waals surface area contributed by atoms with Crippen molar-refractivity contribution >= 4 is 23.3 Å². The van der Waals surface area contributed by atoms with Gasteiger partial charge in [-0.1, -0.05) is 17.7 Å². The van der Waals surface area contributed by atoms with Gasteiger partial charge in [0.1, 0.15) is 0 Å². The second kappa shape index (κ2) is 4.11. The number of nitrogen functional groups attached to an aromatic ring is 1. The Hall–Kier alpha value is -1.26. The molecule has 0 spiro atoms. The highest BCUT2D eigenvalue weighted by Crippen LogP contribution is 2.20. The lowest BCUT2D eigenvalue weighted by Gasteiger charge is -2.06. The van der Waals surface area contributed by atoms with Crippen LogP contribution in [0.2, 0.25) is 5.02 Å². The molecule has 1 rings (SSSR count). The van der Waals surface area contributed by atoms with E-state index in [1.807, 2.05) is 0 Å². The Morgan fingerprint density at radius 2 is 2.31 bits per heavy atom. The van der Waals surface area contributed by atoms with Crippen molar-refractivity contribution in [1.29, 1.82) is 0 Å². The second-order valence-corrected chi connectivity index (χ2v) is 2.95. The second-order valence-electron chi connectivity index (χ2n) is 2.52. The van der Waals surface area contributed by atoms with Gasteiger partial charge in [-0.25, -0.2) is 0 Å². The lowest BCUT2D eigenvalue weighted by atomic mass is 10.1. The number of rotatable bonds is 3. The van der Waals surface area contributed by atoms with Crippen LogP contribution in [0.25, 0.3) is 0 Å². The average Bonchev–Trinajstić information content (AvgIpc) is 2.07. The van der Waals surface area contributed by atoms with Gasteiger partial charge in [0.05, 0.1) is 12.1 Å². The Kier molecular flexibility index (Phi) is 3.11. The molecule has 0 aliphatic carbocycles. The van der Waals surface area contributed by atoms with E-state index in [-0.39, 0.29) is 6.42 Å². The normalized spacial score (nSPS) is 9.69. The third kappa shape index (κ3) is 2.61. The number of nitrogens with one attached hydrogen (secondary N) is 1. The zero-order chi connectivity index (χ0) is 9.84. The van der Waals surface area contributed by atoms with Gasteiger partial charge in [-0.15, -0.1) is 0 Å². The molecule has 0 unspecified atom stereocenters. The van der Waals surface area contributed by atoms with Gasteiger partial charge in [-0.05, 0) is 17.7 Å². The molecular formula is C8H9ClN2O2. The minimum Gasteiger partial charge on any atom is -0.481 e. The van der Waals surface area contributed by atoms with Gasteiger partial charge in [0.2, 0.25) is 0 Å². The fraction of sp³-hybridized carbons (Fsp3) is 0.125. The summed E-state index contributed by atoms with van der Waals surface area (Å²) >= 11 is 5.69. The number of nitrogens with two attached hydrogens (primary N) is 1. The van der Waals surface area contributed by atoms with Crippen molar-refractivity contribution in [3.63, 3.8) is 0 Å². The number of carboxylic acid groups (broad SMARTS) is 1. The molecule has 0 fully saturated rings. The first-order valence-corrected chi connectivity index (χ1v) is 3.98. The van der Waals surface area contributed by atoms with Gasteiger partial charge in [0.25, 0.3) is 0 Å². The van der Waals surface area contributed by atoms with E-state index in [0.29, 0.717) is 16.3 Å². The van der Waals surface area contributed by atoms with Crippen molar-refractivity contribution in [2.45, 2.75) is 6.42 Å². The summed E-state index contributed by atoms with van der Waals surface area (Å²) in [7, 11) is 0. The monoisotopic (exact) mass is 200 g/mol. The Morgan fingerprint density at radius 1 is 1.62 bits per heavy atom. The topological polar surface area (TPSA) is 75.3 Å². The largest absolute Gasteiger partial charge is 0.481 e. The maximum absolute atomic E-state index is 10.4. The standard InChI is InChI=1S/C8H9ClN2O2/c9-6-2-1-5(3-8(12)13)7(4-6)11-10/h1-2,4,11H,3,10H2,(H,12,13). The average molecular weight is 201 g/mol. The highest BCUT2D eigenvalue weighted by molar-refractivity contribution is 6.30. The van der Waals surface area contributed by atoms with Crippen molar-refractivity contribution in [1.82, 2.24) is 0 Å². The first kappa shape index (κ1) is 9.83. The van der Waals surface area contributed by atoms with E-state index in [1.54, 1.807) is 18.2 Å². The predicted molar refractivity (Wildman–Crippen MR) is 50.6 cm³/mol. The molecule has 0 saturated carbocycles. The van der Waals surface area contributed by atoms with Crippen LogP contribution in [0.1, 0.15) is 5.56 Å². The molecule has 0 amide bonds. The number of hydrogen-bond acceptors (Lipinski definition) is 3. The molecular weight excluding hydrogens is 192 g/mol. The number of hydrogen-bond donors (Lipinski definition) is 3. The van der Waals surface area contributed by atoms with E-state index < -0.39 is 5.97 Å². The van der Waals surface area contributed by atoms with Gasteiger partial charge in [0.15, 0.2) is 0 Å². The number of carboxylic acids is 1. The van der Waals surface area contributed by atoms with Crippen LogP contribution in [0, 0.1) is 0 Å². The van der Waals surface area contributed by atoms with Crippen molar-refractivity contribution in [2.75, 3.05) is 5.43 Å². The predicted octanol–water partition coefficient (Wildman–Crippen LogP) is 1.25. The van der Waals surface area contributed by atoms with E-state index in [0.717, 1.165) is 0 Å². The van der Waals surface area contributed by atoms with Crippen molar-refractivity contribution < 1.29 is 9.90 Å². The fourth-order valence-electron chi connectivity index (χ4n) is 1.00. The summed E-state index contributed by atoms with van der Waals surface area (Å²) in [5.74, 6) is 4.29. The van der Waals surface area contributed by atoms with E-state index in [9.17, 15) is 4.79 Å². The first-order chi connectivity index (χ1) is 6.13. The SMILES string of the molecule is NNc1cc(Cl)ccc1CC(=O)O. The number of benzene rings is 1. The molecule has 0 aromatic heterocycles. The highest BCUT2D eigenvalue weighted by Gasteiger charge is 2.05. The van der Waals surface area contributed by atoms with Gasteiger partial charge in [-0.3, -0.25) is 10.6 Å². The number of hydrazine groups is 1. The number of halogens is 1. The van der Waals surface area contributed by atoms with Crippen molar-refractivity contribution in [2.24, 2.45) is 5.84 Å². The number of anilines is 1. The Labute approximate surface area is 80.3 Å². The molecule has 0 aliphatic heterocycles. The molecule has 0 atom stereocenters. The van der Waals surface area contributed by atoms with E-state index in [2.05, 4.69) is 5.43 Å². The van der Waals surface area contributed by atoms with Crippen LogP contribution in [-0.2, 0) is 11.2 Å². The van der Waals surface area contributed by atoms with Crippen LogP contribution >= 0.6 is 11.6 Å². The molecule has 1 aromatic rings. The van der Waals surface area contributed by atoms with Crippen molar-refractivity contribution in [3.05, 3.63) is 28.8 Å². The van der Waals surface area contributed by atoms with E-state index in [1.165, 1.54) is 0 Å². The molecule has 0 heterocycles. The third-order valence-electron chi connectivity index (χ3n) is 1.57. The fourth-order valence-corrected chi connectivity index (χ4v) is 1.17. The summed E-state index contributed by atoms with van der Waals surface area (Å²) in [5, 5.41) is 9.07. The smallest absolute Gasteiger partial charge is 0.307 e. The van der Waals surface area contributed by atoms with Crippen LogP contribution in [0.4, 0.5) is 5.69 Å². The maximum Gasteiger partial charge on any atom is 0.307 e. The molecule has 13 heavy (non-hydrogen) atoms. The molecule has 0 saturated heterocycles. The van der Waals surface area contributed by atoms with E-state index in [4.69, 9.17) is 22.6 Å². The van der Waals surface area contributed by atoms with E-state index >= 15 is 0 Å². The highest BCUT2D eigenvalue weighted by atomic mass is 35.5. The molecule has 5 heteroatoms. The zero-order valence-electron chi connectivity index (χ0n) is 6.75. The lowest BCUT2D eigenvalue weighted by molar-refractivity contribution is -0.136.